The van der Waals surface area contributed by atoms with Gasteiger partial charge in [-0.25, -0.2) is 8.42 Å². The zero-order valence-corrected chi connectivity index (χ0v) is 13.2. The molecule has 0 aliphatic rings. The molecule has 0 fully saturated rings. The number of aromatic nitrogens is 3. The van der Waals surface area contributed by atoms with Gasteiger partial charge in [0.25, 0.3) is 10.0 Å². The monoisotopic (exact) mass is 342 g/mol. The van der Waals surface area contributed by atoms with Crippen LogP contribution in [-0.4, -0.2) is 23.4 Å². The highest BCUT2D eigenvalue weighted by atomic mass is 32.2. The number of nitrogens with two attached hydrogens (primary N) is 2. The van der Waals surface area contributed by atoms with Crippen LogP contribution in [0.25, 0.3) is 11.4 Å². The zero-order chi connectivity index (χ0) is 17.2. The average Bonchev–Trinajstić information content (AvgIpc) is 2.55. The summed E-state index contributed by atoms with van der Waals surface area (Å²) >= 11 is 0. The second-order valence-corrected chi connectivity index (χ2v) is 6.55. The van der Waals surface area contributed by atoms with Crippen molar-refractivity contribution in [1.29, 1.82) is 0 Å². The van der Waals surface area contributed by atoms with E-state index in [4.69, 9.17) is 11.5 Å². The number of sulfonamides is 1. The van der Waals surface area contributed by atoms with Gasteiger partial charge in [0.1, 0.15) is 0 Å². The van der Waals surface area contributed by atoms with Gasteiger partial charge < -0.3 is 11.5 Å². The molecule has 24 heavy (non-hydrogen) atoms. The number of benzene rings is 2. The van der Waals surface area contributed by atoms with Gasteiger partial charge in [-0.3, -0.25) is 4.72 Å². The first-order valence-corrected chi connectivity index (χ1v) is 8.38. The normalized spacial score (nSPS) is 11.2. The molecular weight excluding hydrogens is 328 g/mol. The van der Waals surface area contributed by atoms with Crippen molar-refractivity contribution in [2.24, 2.45) is 0 Å². The molecule has 1 aromatic heterocycles. The highest BCUT2D eigenvalue weighted by molar-refractivity contribution is 7.92. The molecule has 0 aliphatic heterocycles. The molecular formula is C15H14N6O2S. The number of nitrogens with zero attached hydrogens (tertiary/aromatic N) is 3. The van der Waals surface area contributed by atoms with Crippen molar-refractivity contribution in [2.45, 2.75) is 4.90 Å². The second kappa shape index (κ2) is 6.13. The Hall–Kier alpha value is -3.20. The standard InChI is InChI=1S/C15H14N6O2S/c16-14-18-13(19-15(17)20-14)10-6-8-11(9-7-10)21-24(22,23)12-4-2-1-3-5-12/h1-9,21H,(H4,16,17,18,19,20). The van der Waals surface area contributed by atoms with Crippen LogP contribution < -0.4 is 16.2 Å². The third-order valence-electron chi connectivity index (χ3n) is 3.12. The van der Waals surface area contributed by atoms with Gasteiger partial charge >= 0.3 is 0 Å². The van der Waals surface area contributed by atoms with Crippen LogP contribution in [0.1, 0.15) is 0 Å². The molecule has 0 aliphatic carbocycles. The maximum absolute atomic E-state index is 12.3. The topological polar surface area (TPSA) is 137 Å². The van der Waals surface area contributed by atoms with Crippen molar-refractivity contribution in [3.8, 4) is 11.4 Å². The molecule has 3 aromatic rings. The molecule has 0 saturated carbocycles. The summed E-state index contributed by atoms with van der Waals surface area (Å²) in [5.41, 5.74) is 12.1. The fourth-order valence-corrected chi connectivity index (χ4v) is 3.12. The van der Waals surface area contributed by atoms with E-state index in [1.165, 1.54) is 12.1 Å². The van der Waals surface area contributed by atoms with Crippen LogP contribution in [0.2, 0.25) is 0 Å². The van der Waals surface area contributed by atoms with E-state index in [0.717, 1.165) is 0 Å². The van der Waals surface area contributed by atoms with Crippen LogP contribution in [-0.2, 0) is 10.0 Å². The number of nitrogen functional groups attached to an aromatic ring is 2. The lowest BCUT2D eigenvalue weighted by Gasteiger charge is -2.08. The predicted molar refractivity (Wildman–Crippen MR) is 91.3 cm³/mol. The molecule has 0 bridgehead atoms. The first-order chi connectivity index (χ1) is 11.4. The van der Waals surface area contributed by atoms with Gasteiger partial charge in [0.2, 0.25) is 11.9 Å². The Kier molecular flexibility index (Phi) is 4.00. The molecule has 1 heterocycles. The van der Waals surface area contributed by atoms with Gasteiger partial charge in [-0.15, -0.1) is 0 Å². The van der Waals surface area contributed by atoms with Crippen LogP contribution in [0.15, 0.2) is 59.5 Å². The van der Waals surface area contributed by atoms with Gasteiger partial charge in [0.05, 0.1) is 4.90 Å². The first-order valence-electron chi connectivity index (χ1n) is 6.89. The Bertz CT molecular complexity index is 939. The quantitative estimate of drug-likeness (QED) is 0.653. The Balaban J connectivity index is 1.85. The van der Waals surface area contributed by atoms with Crippen molar-refractivity contribution in [1.82, 2.24) is 15.0 Å². The van der Waals surface area contributed by atoms with Crippen LogP contribution in [0.3, 0.4) is 0 Å². The summed E-state index contributed by atoms with van der Waals surface area (Å²) in [5.74, 6) is 0.357. The maximum Gasteiger partial charge on any atom is 0.261 e. The van der Waals surface area contributed by atoms with E-state index < -0.39 is 10.0 Å². The van der Waals surface area contributed by atoms with E-state index in [1.807, 2.05) is 0 Å². The Morgan fingerprint density at radius 3 is 1.96 bits per heavy atom. The van der Waals surface area contributed by atoms with Crippen molar-refractivity contribution < 1.29 is 8.42 Å². The largest absolute Gasteiger partial charge is 0.368 e. The van der Waals surface area contributed by atoms with Gasteiger partial charge in [0.15, 0.2) is 5.82 Å². The lowest BCUT2D eigenvalue weighted by Crippen LogP contribution is -2.12. The van der Waals surface area contributed by atoms with Gasteiger partial charge in [0, 0.05) is 11.3 Å². The molecule has 0 saturated heterocycles. The highest BCUT2D eigenvalue weighted by Crippen LogP contribution is 2.21. The third kappa shape index (κ3) is 3.41. The average molecular weight is 342 g/mol. The minimum Gasteiger partial charge on any atom is -0.368 e. The molecule has 0 unspecified atom stereocenters. The number of hydrogen-bond donors (Lipinski definition) is 3. The number of nitrogens with one attached hydrogen (secondary N) is 1. The van der Waals surface area contributed by atoms with Crippen LogP contribution in [0, 0.1) is 0 Å². The number of hydrogen-bond acceptors (Lipinski definition) is 7. The Labute approximate surface area is 138 Å². The first kappa shape index (κ1) is 15.7. The molecule has 0 amide bonds. The van der Waals surface area contributed by atoms with Crippen LogP contribution in [0.4, 0.5) is 17.6 Å². The zero-order valence-electron chi connectivity index (χ0n) is 12.4. The summed E-state index contributed by atoms with van der Waals surface area (Å²) in [6.07, 6.45) is 0. The third-order valence-corrected chi connectivity index (χ3v) is 4.52. The molecule has 9 heteroatoms. The molecule has 5 N–H and O–H groups in total. The fourth-order valence-electron chi connectivity index (χ4n) is 2.04. The van der Waals surface area contributed by atoms with Crippen LogP contribution in [0.5, 0.6) is 0 Å². The number of rotatable bonds is 4. The lowest BCUT2D eigenvalue weighted by atomic mass is 10.2. The van der Waals surface area contributed by atoms with Crippen molar-refractivity contribution in [3.63, 3.8) is 0 Å². The van der Waals surface area contributed by atoms with Crippen LogP contribution >= 0.6 is 0 Å². The molecule has 122 valence electrons. The van der Waals surface area contributed by atoms with E-state index in [0.29, 0.717) is 17.1 Å². The Morgan fingerprint density at radius 2 is 1.38 bits per heavy atom. The molecule has 3 rings (SSSR count). The van der Waals surface area contributed by atoms with E-state index in [1.54, 1.807) is 42.5 Å². The maximum atomic E-state index is 12.3. The van der Waals surface area contributed by atoms with Crippen molar-refractivity contribution in [2.75, 3.05) is 16.2 Å². The molecule has 0 atom stereocenters. The predicted octanol–water partition coefficient (Wildman–Crippen LogP) is 1.50. The minimum atomic E-state index is -3.64. The van der Waals surface area contributed by atoms with E-state index in [-0.39, 0.29) is 16.8 Å². The van der Waals surface area contributed by atoms with Gasteiger partial charge in [-0.2, -0.15) is 15.0 Å². The summed E-state index contributed by atoms with van der Waals surface area (Å²) in [4.78, 5) is 11.9. The number of anilines is 3. The summed E-state index contributed by atoms with van der Waals surface area (Å²) in [5, 5.41) is 0. The van der Waals surface area contributed by atoms with Crippen molar-refractivity contribution >= 4 is 27.6 Å². The summed E-state index contributed by atoms with van der Waals surface area (Å²) in [7, 11) is -3.64. The lowest BCUT2D eigenvalue weighted by molar-refractivity contribution is 0.601. The van der Waals surface area contributed by atoms with Crippen molar-refractivity contribution in [3.05, 3.63) is 54.6 Å². The second-order valence-electron chi connectivity index (χ2n) is 4.87. The fraction of sp³-hybridized carbons (Fsp3) is 0. The Morgan fingerprint density at radius 1 is 0.792 bits per heavy atom. The summed E-state index contributed by atoms with van der Waals surface area (Å²) in [6.45, 7) is 0. The van der Waals surface area contributed by atoms with E-state index >= 15 is 0 Å². The summed E-state index contributed by atoms with van der Waals surface area (Å²) < 4.78 is 27.0. The summed E-state index contributed by atoms with van der Waals surface area (Å²) in [6, 6.07) is 14.6. The SMILES string of the molecule is Nc1nc(N)nc(-c2ccc(NS(=O)(=O)c3ccccc3)cc2)n1. The van der Waals surface area contributed by atoms with E-state index in [9.17, 15) is 8.42 Å². The highest BCUT2D eigenvalue weighted by Gasteiger charge is 2.13. The molecule has 2 aromatic carbocycles. The van der Waals surface area contributed by atoms with E-state index in [2.05, 4.69) is 19.7 Å². The van der Waals surface area contributed by atoms with Gasteiger partial charge in [-0.05, 0) is 36.4 Å². The molecule has 0 spiro atoms. The molecule has 0 radical (unpaired) electrons. The van der Waals surface area contributed by atoms with Gasteiger partial charge in [-0.1, -0.05) is 18.2 Å². The molecule has 8 nitrogen and oxygen atoms in total. The smallest absolute Gasteiger partial charge is 0.261 e. The minimum absolute atomic E-state index is 0.0198.